The molecule has 6 nitrogen and oxygen atoms in total. The molecular weight excluding hydrogens is 264 g/mol. The van der Waals surface area contributed by atoms with Crippen LogP contribution < -0.4 is 0 Å². The zero-order valence-electron chi connectivity index (χ0n) is 10.3. The lowest BCUT2D eigenvalue weighted by Gasteiger charge is -2.04. The Morgan fingerprint density at radius 2 is 1.80 bits per heavy atom. The van der Waals surface area contributed by atoms with Gasteiger partial charge >= 0.3 is 0 Å². The largest absolute Gasteiger partial charge is 0.508 e. The molecule has 104 valence electrons. The molecule has 0 spiro atoms. The Balaban J connectivity index is 2.24. The second-order valence-corrected chi connectivity index (χ2v) is 4.02. The zero-order chi connectivity index (χ0) is 14.7. The second kappa shape index (κ2) is 5.50. The fourth-order valence-electron chi connectivity index (χ4n) is 1.66. The maximum Gasteiger partial charge on any atom is 0.193 e. The van der Waals surface area contributed by atoms with Crippen LogP contribution in [0.4, 0.5) is 0 Å². The molecule has 0 aliphatic rings. The highest BCUT2D eigenvalue weighted by Crippen LogP contribution is 2.32. The average Bonchev–Trinajstić information content (AvgIpc) is 2.83. The number of furan rings is 1. The molecule has 1 aromatic carbocycles. The zero-order valence-corrected chi connectivity index (χ0v) is 10.3. The topological polar surface area (TPSA) is 111 Å². The van der Waals surface area contributed by atoms with Gasteiger partial charge in [0.1, 0.15) is 40.9 Å². The van der Waals surface area contributed by atoms with Crippen molar-refractivity contribution in [3.8, 4) is 17.2 Å². The molecule has 1 aromatic heterocycles. The standard InChI is InChI=1S/C14H12O6/c15-7-10-2-1-9(20-10)3-4-11(17)14-12(18)5-8(16)6-13(14)19/h1-6,15-16,18-19H,7H2/b4-3+. The third-order valence-corrected chi connectivity index (χ3v) is 2.57. The van der Waals surface area contributed by atoms with Crippen molar-refractivity contribution in [2.75, 3.05) is 0 Å². The number of aliphatic hydroxyl groups excluding tert-OH is 1. The van der Waals surface area contributed by atoms with Crippen LogP contribution in [0.15, 0.2) is 34.8 Å². The Morgan fingerprint density at radius 3 is 2.35 bits per heavy atom. The van der Waals surface area contributed by atoms with Gasteiger partial charge in [0.2, 0.25) is 0 Å². The predicted octanol–water partition coefficient (Wildman–Crippen LogP) is 1.78. The van der Waals surface area contributed by atoms with Crippen molar-refractivity contribution in [3.63, 3.8) is 0 Å². The van der Waals surface area contributed by atoms with E-state index in [1.54, 1.807) is 12.1 Å². The van der Waals surface area contributed by atoms with E-state index in [0.717, 1.165) is 18.2 Å². The lowest BCUT2D eigenvalue weighted by atomic mass is 10.1. The first-order valence-electron chi connectivity index (χ1n) is 5.68. The molecule has 6 heteroatoms. The van der Waals surface area contributed by atoms with Crippen molar-refractivity contribution >= 4 is 11.9 Å². The van der Waals surface area contributed by atoms with Crippen molar-refractivity contribution in [3.05, 3.63) is 47.4 Å². The van der Waals surface area contributed by atoms with Gasteiger partial charge in [0.25, 0.3) is 0 Å². The van der Waals surface area contributed by atoms with Crippen molar-refractivity contribution in [2.24, 2.45) is 0 Å². The molecular formula is C14H12O6. The van der Waals surface area contributed by atoms with E-state index in [4.69, 9.17) is 14.6 Å². The number of allylic oxidation sites excluding steroid dienone is 1. The number of hydrogen-bond acceptors (Lipinski definition) is 6. The van der Waals surface area contributed by atoms with Gasteiger partial charge in [0.15, 0.2) is 5.78 Å². The molecule has 0 unspecified atom stereocenters. The summed E-state index contributed by atoms with van der Waals surface area (Å²) >= 11 is 0. The van der Waals surface area contributed by atoms with Gasteiger partial charge in [-0.25, -0.2) is 0 Å². The van der Waals surface area contributed by atoms with Crippen LogP contribution in [0.1, 0.15) is 21.9 Å². The first-order chi connectivity index (χ1) is 9.51. The van der Waals surface area contributed by atoms with E-state index in [2.05, 4.69) is 0 Å². The molecule has 0 atom stereocenters. The summed E-state index contributed by atoms with van der Waals surface area (Å²) in [4.78, 5) is 11.9. The van der Waals surface area contributed by atoms with Crippen LogP contribution in [-0.4, -0.2) is 26.2 Å². The normalized spacial score (nSPS) is 11.1. The van der Waals surface area contributed by atoms with Gasteiger partial charge in [-0.2, -0.15) is 0 Å². The molecule has 4 N–H and O–H groups in total. The summed E-state index contributed by atoms with van der Waals surface area (Å²) in [6, 6.07) is 5.03. The Hall–Kier alpha value is -2.73. The van der Waals surface area contributed by atoms with Gasteiger partial charge in [-0.05, 0) is 24.3 Å². The maximum absolute atomic E-state index is 11.9. The second-order valence-electron chi connectivity index (χ2n) is 4.02. The van der Waals surface area contributed by atoms with E-state index in [1.807, 2.05) is 0 Å². The summed E-state index contributed by atoms with van der Waals surface area (Å²) in [6.45, 7) is -0.249. The summed E-state index contributed by atoms with van der Waals surface area (Å²) < 4.78 is 5.14. The summed E-state index contributed by atoms with van der Waals surface area (Å²) in [5.74, 6) is -1.34. The number of benzene rings is 1. The number of phenolic OH excluding ortho intramolecular Hbond substituents is 3. The number of aromatic hydroxyl groups is 3. The minimum atomic E-state index is -0.651. The molecule has 2 rings (SSSR count). The molecule has 1 heterocycles. The molecule has 2 aromatic rings. The third kappa shape index (κ3) is 2.81. The number of ketones is 1. The van der Waals surface area contributed by atoms with Crippen LogP contribution in [0, 0.1) is 0 Å². The van der Waals surface area contributed by atoms with E-state index in [0.29, 0.717) is 11.5 Å². The highest BCUT2D eigenvalue weighted by molar-refractivity contribution is 6.10. The van der Waals surface area contributed by atoms with Crippen molar-refractivity contribution in [2.45, 2.75) is 6.61 Å². The van der Waals surface area contributed by atoms with Crippen LogP contribution in [0.5, 0.6) is 17.2 Å². The Morgan fingerprint density at radius 1 is 1.15 bits per heavy atom. The van der Waals surface area contributed by atoms with E-state index in [-0.39, 0.29) is 17.9 Å². The SMILES string of the molecule is O=C(/C=C/c1ccc(CO)o1)c1c(O)cc(O)cc1O. The number of carbonyl (C=O) groups is 1. The first-order valence-corrected chi connectivity index (χ1v) is 5.68. The molecule has 0 saturated heterocycles. The maximum atomic E-state index is 11.9. The van der Waals surface area contributed by atoms with Crippen LogP contribution in [-0.2, 0) is 6.61 Å². The van der Waals surface area contributed by atoms with E-state index in [1.165, 1.54) is 6.08 Å². The fraction of sp³-hybridized carbons (Fsp3) is 0.0714. The molecule has 0 bridgehead atoms. The summed E-state index contributed by atoms with van der Waals surface area (Å²) in [5.41, 5.74) is -0.312. The molecule has 0 aliphatic carbocycles. The fourth-order valence-corrected chi connectivity index (χ4v) is 1.66. The average molecular weight is 276 g/mol. The van der Waals surface area contributed by atoms with Gasteiger partial charge in [-0.1, -0.05) is 0 Å². The number of hydrogen-bond donors (Lipinski definition) is 4. The monoisotopic (exact) mass is 276 g/mol. The van der Waals surface area contributed by atoms with E-state index in [9.17, 15) is 15.0 Å². The van der Waals surface area contributed by atoms with Gasteiger partial charge < -0.3 is 24.8 Å². The number of aliphatic hydroxyl groups is 1. The lowest BCUT2D eigenvalue weighted by molar-refractivity contribution is 0.104. The van der Waals surface area contributed by atoms with Crippen molar-refractivity contribution in [1.29, 1.82) is 0 Å². The van der Waals surface area contributed by atoms with E-state index < -0.39 is 17.3 Å². The summed E-state index contributed by atoms with van der Waals surface area (Å²) in [5, 5.41) is 37.1. The number of carbonyl (C=O) groups excluding carboxylic acids is 1. The smallest absolute Gasteiger partial charge is 0.193 e. The Labute approximate surface area is 113 Å². The van der Waals surface area contributed by atoms with Crippen LogP contribution in [0.25, 0.3) is 6.08 Å². The summed E-state index contributed by atoms with van der Waals surface area (Å²) in [7, 11) is 0. The minimum Gasteiger partial charge on any atom is -0.508 e. The number of phenols is 3. The molecule has 0 saturated carbocycles. The predicted molar refractivity (Wildman–Crippen MR) is 69.4 cm³/mol. The Bertz CT molecular complexity index is 645. The molecule has 0 fully saturated rings. The van der Waals surface area contributed by atoms with Crippen molar-refractivity contribution < 1.29 is 29.6 Å². The molecule has 0 aliphatic heterocycles. The highest BCUT2D eigenvalue weighted by atomic mass is 16.4. The Kier molecular flexibility index (Phi) is 3.76. The first kappa shape index (κ1) is 13.7. The molecule has 0 amide bonds. The van der Waals surface area contributed by atoms with Gasteiger partial charge in [0.05, 0.1) is 0 Å². The van der Waals surface area contributed by atoms with Crippen molar-refractivity contribution in [1.82, 2.24) is 0 Å². The highest BCUT2D eigenvalue weighted by Gasteiger charge is 2.15. The van der Waals surface area contributed by atoms with Gasteiger partial charge in [-0.15, -0.1) is 0 Å². The molecule has 0 radical (unpaired) electrons. The summed E-state index contributed by atoms with van der Waals surface area (Å²) in [6.07, 6.45) is 2.44. The van der Waals surface area contributed by atoms with E-state index >= 15 is 0 Å². The lowest BCUT2D eigenvalue weighted by Crippen LogP contribution is -1.95. The van der Waals surface area contributed by atoms with Crippen LogP contribution >= 0.6 is 0 Å². The quantitative estimate of drug-likeness (QED) is 0.500. The number of rotatable bonds is 4. The van der Waals surface area contributed by atoms with Crippen LogP contribution in [0.3, 0.4) is 0 Å². The van der Waals surface area contributed by atoms with Gasteiger partial charge in [0, 0.05) is 12.1 Å². The van der Waals surface area contributed by atoms with Crippen LogP contribution in [0.2, 0.25) is 0 Å². The minimum absolute atomic E-state index is 0.249. The van der Waals surface area contributed by atoms with Gasteiger partial charge in [-0.3, -0.25) is 4.79 Å². The third-order valence-electron chi connectivity index (χ3n) is 2.57. The molecule has 20 heavy (non-hydrogen) atoms.